The fraction of sp³-hybridized carbons (Fsp3) is 0.222. The van der Waals surface area contributed by atoms with Gasteiger partial charge in [-0.3, -0.25) is 9.88 Å². The molecule has 1 aromatic carbocycles. The van der Waals surface area contributed by atoms with E-state index >= 15 is 0 Å². The van der Waals surface area contributed by atoms with Crippen molar-refractivity contribution in [1.29, 1.82) is 0 Å². The highest BCUT2D eigenvalue weighted by atomic mass is 32.1. The minimum Gasteiger partial charge on any atom is -0.293 e. The Bertz CT molecular complexity index is 767. The molecule has 1 aliphatic rings. The van der Waals surface area contributed by atoms with Crippen LogP contribution in [-0.2, 0) is 19.5 Å². The van der Waals surface area contributed by atoms with Crippen molar-refractivity contribution in [3.8, 4) is 10.7 Å². The summed E-state index contributed by atoms with van der Waals surface area (Å²) in [7, 11) is 0. The Labute approximate surface area is 134 Å². The zero-order valence-corrected chi connectivity index (χ0v) is 13.1. The average Bonchev–Trinajstić information content (AvgIpc) is 3.04. The highest BCUT2D eigenvalue weighted by Gasteiger charge is 2.17. The lowest BCUT2D eigenvalue weighted by Crippen LogP contribution is -2.30. The number of thiazole rings is 1. The van der Waals surface area contributed by atoms with Crippen LogP contribution in [0.25, 0.3) is 10.7 Å². The third kappa shape index (κ3) is 2.80. The lowest BCUT2D eigenvalue weighted by molar-refractivity contribution is 0.243. The van der Waals surface area contributed by atoms with Gasteiger partial charge in [-0.2, -0.15) is 0 Å². The van der Waals surface area contributed by atoms with Crippen LogP contribution in [0.3, 0.4) is 0 Å². The third-order valence-electron chi connectivity index (χ3n) is 4.03. The number of aromatic nitrogens is 2. The molecule has 0 fully saturated rings. The number of pyridine rings is 1. The minimum absolute atomic E-state index is 0.914. The van der Waals surface area contributed by atoms with Crippen LogP contribution >= 0.6 is 11.3 Å². The quantitative estimate of drug-likeness (QED) is 0.737. The van der Waals surface area contributed by atoms with Gasteiger partial charge in [0.25, 0.3) is 0 Å². The second-order valence-electron chi connectivity index (χ2n) is 5.59. The van der Waals surface area contributed by atoms with Crippen molar-refractivity contribution >= 4 is 11.3 Å². The smallest absolute Gasteiger partial charge is 0.142 e. The first-order chi connectivity index (χ1) is 10.9. The Morgan fingerprint density at radius 2 is 1.91 bits per heavy atom. The van der Waals surface area contributed by atoms with Crippen molar-refractivity contribution in [2.24, 2.45) is 0 Å². The van der Waals surface area contributed by atoms with Crippen molar-refractivity contribution in [3.63, 3.8) is 0 Å². The predicted molar refractivity (Wildman–Crippen MR) is 89.6 cm³/mol. The van der Waals surface area contributed by atoms with Gasteiger partial charge in [-0.1, -0.05) is 30.3 Å². The van der Waals surface area contributed by atoms with Crippen LogP contribution in [0.2, 0.25) is 0 Å². The summed E-state index contributed by atoms with van der Waals surface area (Å²) in [6, 6.07) is 14.7. The van der Waals surface area contributed by atoms with Gasteiger partial charge in [0.15, 0.2) is 0 Å². The number of nitrogens with zero attached hydrogens (tertiary/aromatic N) is 3. The molecule has 4 heteroatoms. The van der Waals surface area contributed by atoms with Crippen molar-refractivity contribution < 1.29 is 0 Å². The van der Waals surface area contributed by atoms with E-state index in [4.69, 9.17) is 4.98 Å². The molecule has 0 radical (unpaired) electrons. The number of fused-ring (bicyclic) bond motifs is 1. The number of hydrogen-bond acceptors (Lipinski definition) is 4. The fourth-order valence-corrected chi connectivity index (χ4v) is 3.69. The van der Waals surface area contributed by atoms with Crippen LogP contribution in [0.4, 0.5) is 0 Å². The molecular weight excluding hydrogens is 290 g/mol. The Morgan fingerprint density at radius 1 is 1.05 bits per heavy atom. The highest BCUT2D eigenvalue weighted by molar-refractivity contribution is 7.13. The number of benzene rings is 1. The van der Waals surface area contributed by atoms with E-state index in [1.165, 1.54) is 11.1 Å². The van der Waals surface area contributed by atoms with Crippen molar-refractivity contribution in [2.75, 3.05) is 6.54 Å². The summed E-state index contributed by atoms with van der Waals surface area (Å²) in [6.45, 7) is 3.04. The van der Waals surface area contributed by atoms with Crippen molar-refractivity contribution in [3.05, 3.63) is 70.9 Å². The van der Waals surface area contributed by atoms with E-state index < -0.39 is 0 Å². The standard InChI is InChI=1S/C18H17N3S/c1-2-6-15-11-21(10-8-14(15)5-1)12-16-13-22-18(20-16)17-7-3-4-9-19-17/h1-7,9,13H,8,10-12H2. The highest BCUT2D eigenvalue weighted by Crippen LogP contribution is 2.24. The summed E-state index contributed by atoms with van der Waals surface area (Å²) in [5, 5.41) is 3.16. The molecule has 0 unspecified atom stereocenters. The molecule has 3 heterocycles. The molecule has 22 heavy (non-hydrogen) atoms. The molecule has 3 aromatic rings. The molecule has 0 atom stereocenters. The molecule has 2 aromatic heterocycles. The Hall–Kier alpha value is -2.04. The van der Waals surface area contributed by atoms with Crippen LogP contribution in [0.15, 0.2) is 54.0 Å². The van der Waals surface area contributed by atoms with E-state index in [9.17, 15) is 0 Å². The summed E-state index contributed by atoms with van der Waals surface area (Å²) in [5.74, 6) is 0. The van der Waals surface area contributed by atoms with Crippen LogP contribution in [0.5, 0.6) is 0 Å². The van der Waals surface area contributed by atoms with Gasteiger partial charge in [-0.25, -0.2) is 4.98 Å². The first-order valence-electron chi connectivity index (χ1n) is 7.53. The maximum Gasteiger partial charge on any atom is 0.142 e. The first-order valence-corrected chi connectivity index (χ1v) is 8.41. The van der Waals surface area contributed by atoms with E-state index in [2.05, 4.69) is 39.5 Å². The number of hydrogen-bond donors (Lipinski definition) is 0. The van der Waals surface area contributed by atoms with Crippen LogP contribution in [0, 0.1) is 0 Å². The lowest BCUT2D eigenvalue weighted by atomic mass is 10.00. The molecule has 3 nitrogen and oxygen atoms in total. The molecule has 0 spiro atoms. The SMILES string of the molecule is c1ccc(-c2nc(CN3CCc4ccccc4C3)cs2)nc1. The van der Waals surface area contributed by atoms with Crippen molar-refractivity contribution in [2.45, 2.75) is 19.5 Å². The van der Waals surface area contributed by atoms with Crippen LogP contribution in [-0.4, -0.2) is 21.4 Å². The second-order valence-corrected chi connectivity index (χ2v) is 6.45. The topological polar surface area (TPSA) is 29.0 Å². The Balaban J connectivity index is 1.48. The molecule has 110 valence electrons. The van der Waals surface area contributed by atoms with Gasteiger partial charge >= 0.3 is 0 Å². The van der Waals surface area contributed by atoms with Gasteiger partial charge in [0, 0.05) is 31.2 Å². The van der Waals surface area contributed by atoms with Gasteiger partial charge in [-0.05, 0) is 29.7 Å². The van der Waals surface area contributed by atoms with Gasteiger partial charge in [-0.15, -0.1) is 11.3 Å². The van der Waals surface area contributed by atoms with E-state index in [1.54, 1.807) is 11.3 Å². The first kappa shape index (κ1) is 13.6. The summed E-state index contributed by atoms with van der Waals surface area (Å²) in [6.07, 6.45) is 2.95. The van der Waals surface area contributed by atoms with Crippen LogP contribution in [0.1, 0.15) is 16.8 Å². The summed E-state index contributed by atoms with van der Waals surface area (Å²) < 4.78 is 0. The predicted octanol–water partition coefficient (Wildman–Crippen LogP) is 3.76. The maximum atomic E-state index is 4.74. The normalized spacial score (nSPS) is 14.7. The zero-order chi connectivity index (χ0) is 14.8. The van der Waals surface area contributed by atoms with E-state index in [0.29, 0.717) is 0 Å². The largest absolute Gasteiger partial charge is 0.293 e. The van der Waals surface area contributed by atoms with Gasteiger partial charge in [0.05, 0.1) is 11.4 Å². The third-order valence-corrected chi connectivity index (χ3v) is 4.94. The monoisotopic (exact) mass is 307 g/mol. The molecule has 0 aliphatic carbocycles. The van der Waals surface area contributed by atoms with E-state index in [1.807, 2.05) is 24.4 Å². The molecule has 1 aliphatic heterocycles. The molecular formula is C18H17N3S. The average molecular weight is 307 g/mol. The molecule has 0 amide bonds. The van der Waals surface area contributed by atoms with Gasteiger partial charge in [0.2, 0.25) is 0 Å². The lowest BCUT2D eigenvalue weighted by Gasteiger charge is -2.27. The zero-order valence-electron chi connectivity index (χ0n) is 12.3. The van der Waals surface area contributed by atoms with Crippen molar-refractivity contribution in [1.82, 2.24) is 14.9 Å². The molecule has 0 saturated heterocycles. The van der Waals surface area contributed by atoms with Gasteiger partial charge < -0.3 is 0 Å². The minimum atomic E-state index is 0.914. The summed E-state index contributed by atoms with van der Waals surface area (Å²) in [4.78, 5) is 11.6. The second kappa shape index (κ2) is 5.99. The molecule has 0 saturated carbocycles. The maximum absolute atomic E-state index is 4.74. The molecule has 4 rings (SSSR count). The molecule has 0 bridgehead atoms. The molecule has 0 N–H and O–H groups in total. The Kier molecular flexibility index (Phi) is 3.70. The summed E-state index contributed by atoms with van der Waals surface area (Å²) >= 11 is 1.68. The van der Waals surface area contributed by atoms with Crippen LogP contribution < -0.4 is 0 Å². The van der Waals surface area contributed by atoms with E-state index in [-0.39, 0.29) is 0 Å². The summed E-state index contributed by atoms with van der Waals surface area (Å²) in [5.41, 5.74) is 5.05. The number of rotatable bonds is 3. The Morgan fingerprint density at radius 3 is 2.77 bits per heavy atom. The van der Waals surface area contributed by atoms with E-state index in [0.717, 1.165) is 42.5 Å². The van der Waals surface area contributed by atoms with Gasteiger partial charge in [0.1, 0.15) is 5.01 Å². The fourth-order valence-electron chi connectivity index (χ4n) is 2.90.